The Balaban J connectivity index is 2.42. The standard InChI is InChI=1S/C11H23NO2S/c1-3-7-12-10-5-6-11(9-10)15(13,14)8-4-2/h10-12H,3-9H2,1-2H3. The van der Waals surface area contributed by atoms with Gasteiger partial charge in [0, 0.05) is 6.04 Å². The first-order valence-electron chi connectivity index (χ1n) is 6.05. The largest absolute Gasteiger partial charge is 0.314 e. The summed E-state index contributed by atoms with van der Waals surface area (Å²) in [5.74, 6) is 0.359. The van der Waals surface area contributed by atoms with Crippen molar-refractivity contribution >= 4 is 9.84 Å². The summed E-state index contributed by atoms with van der Waals surface area (Å²) in [6.07, 6.45) is 4.55. The third kappa shape index (κ3) is 3.76. The number of hydrogen-bond donors (Lipinski definition) is 1. The highest BCUT2D eigenvalue weighted by Crippen LogP contribution is 2.26. The van der Waals surface area contributed by atoms with Crippen LogP contribution >= 0.6 is 0 Å². The second-order valence-electron chi connectivity index (χ2n) is 4.45. The van der Waals surface area contributed by atoms with Gasteiger partial charge in [0.2, 0.25) is 0 Å². The van der Waals surface area contributed by atoms with Gasteiger partial charge >= 0.3 is 0 Å². The van der Waals surface area contributed by atoms with Gasteiger partial charge in [-0.25, -0.2) is 8.42 Å². The van der Waals surface area contributed by atoms with Gasteiger partial charge in [-0.3, -0.25) is 0 Å². The molecule has 1 aliphatic carbocycles. The Morgan fingerprint density at radius 3 is 2.53 bits per heavy atom. The fourth-order valence-corrected chi connectivity index (χ4v) is 4.17. The molecule has 15 heavy (non-hydrogen) atoms. The molecule has 1 rings (SSSR count). The van der Waals surface area contributed by atoms with Gasteiger partial charge in [0.1, 0.15) is 0 Å². The van der Waals surface area contributed by atoms with Crippen LogP contribution in [0.2, 0.25) is 0 Å². The van der Waals surface area contributed by atoms with Crippen LogP contribution in [0.15, 0.2) is 0 Å². The zero-order chi connectivity index (χ0) is 11.3. The number of hydrogen-bond acceptors (Lipinski definition) is 3. The molecule has 1 N–H and O–H groups in total. The van der Waals surface area contributed by atoms with E-state index in [1.807, 2.05) is 6.92 Å². The van der Waals surface area contributed by atoms with Crippen molar-refractivity contribution in [2.24, 2.45) is 0 Å². The molecule has 2 unspecified atom stereocenters. The topological polar surface area (TPSA) is 46.2 Å². The molecule has 1 fully saturated rings. The summed E-state index contributed by atoms with van der Waals surface area (Å²) in [4.78, 5) is 0. The van der Waals surface area contributed by atoms with Gasteiger partial charge in [-0.15, -0.1) is 0 Å². The molecule has 0 saturated heterocycles. The smallest absolute Gasteiger partial charge is 0.153 e. The second kappa shape index (κ2) is 5.85. The zero-order valence-corrected chi connectivity index (χ0v) is 10.6. The predicted molar refractivity (Wildman–Crippen MR) is 63.8 cm³/mol. The minimum Gasteiger partial charge on any atom is -0.314 e. The maximum Gasteiger partial charge on any atom is 0.153 e. The van der Waals surface area contributed by atoms with E-state index in [4.69, 9.17) is 0 Å². The van der Waals surface area contributed by atoms with Crippen LogP contribution in [0.1, 0.15) is 46.0 Å². The second-order valence-corrected chi connectivity index (χ2v) is 6.85. The van der Waals surface area contributed by atoms with Crippen molar-refractivity contribution in [1.29, 1.82) is 0 Å². The van der Waals surface area contributed by atoms with Crippen molar-refractivity contribution in [3.8, 4) is 0 Å². The van der Waals surface area contributed by atoms with E-state index in [0.717, 1.165) is 38.6 Å². The van der Waals surface area contributed by atoms with Crippen LogP contribution in [-0.2, 0) is 9.84 Å². The predicted octanol–water partition coefficient (Wildman–Crippen LogP) is 1.73. The van der Waals surface area contributed by atoms with Gasteiger partial charge in [0.15, 0.2) is 9.84 Å². The van der Waals surface area contributed by atoms with E-state index in [9.17, 15) is 8.42 Å². The number of sulfone groups is 1. The summed E-state index contributed by atoms with van der Waals surface area (Å²) in [7, 11) is -2.81. The fraction of sp³-hybridized carbons (Fsp3) is 1.00. The van der Waals surface area contributed by atoms with Crippen molar-refractivity contribution in [3.63, 3.8) is 0 Å². The minimum absolute atomic E-state index is 0.0770. The van der Waals surface area contributed by atoms with Gasteiger partial charge in [0.25, 0.3) is 0 Å². The van der Waals surface area contributed by atoms with Crippen LogP contribution in [0.5, 0.6) is 0 Å². The Labute approximate surface area is 93.6 Å². The molecule has 1 aliphatic rings. The summed E-state index contributed by atoms with van der Waals surface area (Å²) in [6.45, 7) is 5.07. The van der Waals surface area contributed by atoms with Crippen LogP contribution in [-0.4, -0.2) is 32.0 Å². The molecule has 4 heteroatoms. The molecule has 0 bridgehead atoms. The maximum absolute atomic E-state index is 11.8. The average molecular weight is 233 g/mol. The van der Waals surface area contributed by atoms with Crippen molar-refractivity contribution in [2.75, 3.05) is 12.3 Å². The van der Waals surface area contributed by atoms with Crippen LogP contribution in [0.25, 0.3) is 0 Å². The molecular formula is C11H23NO2S. The molecule has 3 nitrogen and oxygen atoms in total. The Morgan fingerprint density at radius 2 is 1.93 bits per heavy atom. The van der Waals surface area contributed by atoms with Gasteiger partial charge in [-0.2, -0.15) is 0 Å². The Bertz CT molecular complexity index is 274. The lowest BCUT2D eigenvalue weighted by molar-refractivity contribution is 0.520. The van der Waals surface area contributed by atoms with Crippen molar-refractivity contribution < 1.29 is 8.42 Å². The van der Waals surface area contributed by atoms with Crippen LogP contribution in [0.4, 0.5) is 0 Å². The van der Waals surface area contributed by atoms with E-state index in [1.54, 1.807) is 0 Å². The quantitative estimate of drug-likeness (QED) is 0.760. The highest BCUT2D eigenvalue weighted by molar-refractivity contribution is 7.92. The molecule has 0 amide bonds. The molecular weight excluding hydrogens is 210 g/mol. The molecule has 0 radical (unpaired) electrons. The number of nitrogens with one attached hydrogen (secondary N) is 1. The van der Waals surface area contributed by atoms with Crippen molar-refractivity contribution in [2.45, 2.75) is 57.2 Å². The lowest BCUT2D eigenvalue weighted by Crippen LogP contribution is -2.29. The van der Waals surface area contributed by atoms with E-state index in [2.05, 4.69) is 12.2 Å². The molecule has 0 aromatic rings. The van der Waals surface area contributed by atoms with E-state index in [1.165, 1.54) is 0 Å². The summed E-state index contributed by atoms with van der Waals surface area (Å²) in [5, 5.41) is 3.33. The zero-order valence-electron chi connectivity index (χ0n) is 9.83. The maximum atomic E-state index is 11.8. The van der Waals surface area contributed by atoms with Crippen molar-refractivity contribution in [3.05, 3.63) is 0 Å². The van der Waals surface area contributed by atoms with Crippen molar-refractivity contribution in [1.82, 2.24) is 5.32 Å². The first-order valence-corrected chi connectivity index (χ1v) is 7.76. The van der Waals surface area contributed by atoms with E-state index < -0.39 is 9.84 Å². The Hall–Kier alpha value is -0.0900. The molecule has 0 spiro atoms. The average Bonchev–Trinajstić information content (AvgIpc) is 2.63. The normalized spacial score (nSPS) is 27.1. The molecule has 0 heterocycles. The van der Waals surface area contributed by atoms with Gasteiger partial charge < -0.3 is 5.32 Å². The monoisotopic (exact) mass is 233 g/mol. The summed E-state index contributed by atoms with van der Waals surface area (Å²) in [5.41, 5.74) is 0. The molecule has 0 aromatic carbocycles. The lowest BCUT2D eigenvalue weighted by Gasteiger charge is -2.13. The Morgan fingerprint density at radius 1 is 1.20 bits per heavy atom. The van der Waals surface area contributed by atoms with Gasteiger partial charge in [-0.1, -0.05) is 13.8 Å². The summed E-state index contributed by atoms with van der Waals surface area (Å²) >= 11 is 0. The first-order chi connectivity index (χ1) is 7.10. The summed E-state index contributed by atoms with van der Waals surface area (Å²) < 4.78 is 23.6. The highest BCUT2D eigenvalue weighted by atomic mass is 32.2. The molecule has 0 aliphatic heterocycles. The Kier molecular flexibility index (Phi) is 5.06. The highest BCUT2D eigenvalue weighted by Gasteiger charge is 2.32. The van der Waals surface area contributed by atoms with Crippen LogP contribution in [0, 0.1) is 0 Å². The molecule has 1 saturated carbocycles. The number of rotatable bonds is 6. The van der Waals surface area contributed by atoms with E-state index in [-0.39, 0.29) is 5.25 Å². The van der Waals surface area contributed by atoms with Gasteiger partial charge in [0.05, 0.1) is 11.0 Å². The first kappa shape index (κ1) is 13.0. The molecule has 2 atom stereocenters. The third-order valence-electron chi connectivity index (χ3n) is 3.06. The van der Waals surface area contributed by atoms with Crippen LogP contribution in [0.3, 0.4) is 0 Å². The fourth-order valence-electron chi connectivity index (χ4n) is 2.25. The molecule has 0 aromatic heterocycles. The van der Waals surface area contributed by atoms with E-state index >= 15 is 0 Å². The van der Waals surface area contributed by atoms with E-state index in [0.29, 0.717) is 11.8 Å². The summed E-state index contributed by atoms with van der Waals surface area (Å²) in [6, 6.07) is 0.432. The third-order valence-corrected chi connectivity index (χ3v) is 5.49. The van der Waals surface area contributed by atoms with Crippen LogP contribution < -0.4 is 5.32 Å². The SMILES string of the molecule is CCCNC1CCC(S(=O)(=O)CCC)C1. The van der Waals surface area contributed by atoms with Gasteiger partial charge in [-0.05, 0) is 38.6 Å². The minimum atomic E-state index is -2.81. The lowest BCUT2D eigenvalue weighted by atomic mass is 10.2. The molecule has 90 valence electrons.